The molecule has 0 fully saturated rings. The van der Waals surface area contributed by atoms with Crippen LogP contribution in [0.25, 0.3) is 11.4 Å². The fraction of sp³-hybridized carbons (Fsp3) is 0.444. The van der Waals surface area contributed by atoms with Crippen LogP contribution in [-0.4, -0.2) is 9.97 Å². The van der Waals surface area contributed by atoms with Crippen molar-refractivity contribution in [3.8, 4) is 11.4 Å². The molecule has 2 aromatic rings. The maximum absolute atomic E-state index is 4.64. The first-order chi connectivity index (χ1) is 10.0. The largest absolute Gasteiger partial charge is 0.236 e. The first-order valence-corrected chi connectivity index (χ1v) is 8.13. The molecule has 0 N–H and O–H groups in total. The highest BCUT2D eigenvalue weighted by Gasteiger charge is 2.11. The molecule has 1 aromatic heterocycles. The molecule has 0 radical (unpaired) electrons. The van der Waals surface area contributed by atoms with Crippen molar-refractivity contribution in [3.05, 3.63) is 47.3 Å². The zero-order valence-electron chi connectivity index (χ0n) is 13.3. The van der Waals surface area contributed by atoms with E-state index >= 15 is 0 Å². The monoisotopic (exact) mass is 300 g/mol. The van der Waals surface area contributed by atoms with Gasteiger partial charge >= 0.3 is 0 Å². The van der Waals surface area contributed by atoms with Gasteiger partial charge in [-0.05, 0) is 31.2 Å². The van der Waals surface area contributed by atoms with Crippen LogP contribution in [0.3, 0.4) is 0 Å². The molecular formula is C18H24N2S. The van der Waals surface area contributed by atoms with Gasteiger partial charge in [-0.2, -0.15) is 12.6 Å². The van der Waals surface area contributed by atoms with Crippen LogP contribution < -0.4 is 0 Å². The highest BCUT2D eigenvalue weighted by Crippen LogP contribution is 2.26. The van der Waals surface area contributed by atoms with Gasteiger partial charge in [0, 0.05) is 28.3 Å². The number of hydrogen-bond donors (Lipinski definition) is 1. The Balaban J connectivity index is 2.24. The van der Waals surface area contributed by atoms with E-state index in [1.807, 2.05) is 13.1 Å². The summed E-state index contributed by atoms with van der Waals surface area (Å²) in [6, 6.07) is 8.58. The number of aromatic nitrogens is 2. The van der Waals surface area contributed by atoms with Crippen molar-refractivity contribution in [1.82, 2.24) is 9.97 Å². The topological polar surface area (TPSA) is 25.8 Å². The number of rotatable bonds is 5. The van der Waals surface area contributed by atoms with Crippen LogP contribution in [0.4, 0.5) is 0 Å². The Morgan fingerprint density at radius 2 is 1.81 bits per heavy atom. The van der Waals surface area contributed by atoms with E-state index in [0.717, 1.165) is 35.5 Å². The third-order valence-electron chi connectivity index (χ3n) is 3.62. The predicted octanol–water partition coefficient (Wildman–Crippen LogP) is 5.03. The van der Waals surface area contributed by atoms with Gasteiger partial charge in [-0.1, -0.05) is 45.0 Å². The second-order valence-corrected chi connectivity index (χ2v) is 6.58. The summed E-state index contributed by atoms with van der Waals surface area (Å²) in [5.41, 5.74) is 4.59. The van der Waals surface area contributed by atoms with E-state index in [2.05, 4.69) is 67.6 Å². The van der Waals surface area contributed by atoms with Gasteiger partial charge in [0.15, 0.2) is 5.82 Å². The van der Waals surface area contributed by atoms with E-state index in [9.17, 15) is 0 Å². The lowest BCUT2D eigenvalue weighted by molar-refractivity contribution is 0.647. The highest BCUT2D eigenvalue weighted by atomic mass is 32.1. The van der Waals surface area contributed by atoms with Crippen molar-refractivity contribution < 1.29 is 0 Å². The van der Waals surface area contributed by atoms with Crippen LogP contribution in [0.1, 0.15) is 49.3 Å². The lowest BCUT2D eigenvalue weighted by Gasteiger charge is -2.12. The Morgan fingerprint density at radius 1 is 1.14 bits per heavy atom. The molecule has 0 saturated carbocycles. The maximum Gasteiger partial charge on any atom is 0.159 e. The Kier molecular flexibility index (Phi) is 5.40. The van der Waals surface area contributed by atoms with E-state index in [-0.39, 0.29) is 5.25 Å². The first-order valence-electron chi connectivity index (χ1n) is 7.62. The first kappa shape index (κ1) is 16.0. The summed E-state index contributed by atoms with van der Waals surface area (Å²) in [7, 11) is 0. The average Bonchev–Trinajstić information content (AvgIpc) is 2.46. The van der Waals surface area contributed by atoms with Crippen molar-refractivity contribution in [2.45, 2.75) is 45.8 Å². The lowest BCUT2D eigenvalue weighted by Crippen LogP contribution is -2.00. The second-order valence-electron chi connectivity index (χ2n) is 5.95. The Labute approximate surface area is 133 Å². The van der Waals surface area contributed by atoms with Crippen molar-refractivity contribution in [2.24, 2.45) is 5.92 Å². The summed E-state index contributed by atoms with van der Waals surface area (Å²) in [5.74, 6) is 1.47. The molecule has 0 spiro atoms. The molecule has 0 amide bonds. The molecule has 112 valence electrons. The maximum atomic E-state index is 4.64. The van der Waals surface area contributed by atoms with Crippen LogP contribution in [0.5, 0.6) is 0 Å². The van der Waals surface area contributed by atoms with Gasteiger partial charge in [-0.3, -0.25) is 0 Å². The second kappa shape index (κ2) is 7.08. The third-order valence-corrected chi connectivity index (χ3v) is 4.26. The summed E-state index contributed by atoms with van der Waals surface area (Å²) in [5, 5.41) is 0.215. The quantitative estimate of drug-likeness (QED) is 0.783. The Bertz CT molecular complexity index is 591. The summed E-state index contributed by atoms with van der Waals surface area (Å²) in [6.45, 7) is 8.63. The zero-order chi connectivity index (χ0) is 15.4. The van der Waals surface area contributed by atoms with E-state index in [1.54, 1.807) is 0 Å². The van der Waals surface area contributed by atoms with E-state index in [4.69, 9.17) is 0 Å². The normalized spacial score (nSPS) is 12.7. The van der Waals surface area contributed by atoms with Gasteiger partial charge in [0.2, 0.25) is 0 Å². The smallest absolute Gasteiger partial charge is 0.159 e. The summed E-state index contributed by atoms with van der Waals surface area (Å²) in [4.78, 5) is 9.15. The van der Waals surface area contributed by atoms with Gasteiger partial charge in [0.1, 0.15) is 0 Å². The molecule has 1 aromatic carbocycles. The number of hydrogen-bond acceptors (Lipinski definition) is 3. The minimum absolute atomic E-state index is 0.215. The van der Waals surface area contributed by atoms with Crippen LogP contribution in [-0.2, 0) is 6.42 Å². The van der Waals surface area contributed by atoms with Gasteiger partial charge in [0.25, 0.3) is 0 Å². The molecule has 0 saturated heterocycles. The third kappa shape index (κ3) is 4.07. The van der Waals surface area contributed by atoms with Gasteiger partial charge in [0.05, 0.1) is 0 Å². The van der Waals surface area contributed by atoms with Crippen LogP contribution in [0.15, 0.2) is 30.5 Å². The summed E-state index contributed by atoms with van der Waals surface area (Å²) < 4.78 is 0. The zero-order valence-corrected chi connectivity index (χ0v) is 14.2. The van der Waals surface area contributed by atoms with E-state index in [0.29, 0.717) is 5.92 Å². The number of benzene rings is 1. The fourth-order valence-corrected chi connectivity index (χ4v) is 2.68. The summed E-state index contributed by atoms with van der Waals surface area (Å²) >= 11 is 4.58. The van der Waals surface area contributed by atoms with Crippen molar-refractivity contribution >= 4 is 12.6 Å². The molecule has 0 aliphatic heterocycles. The Morgan fingerprint density at radius 3 is 2.33 bits per heavy atom. The summed E-state index contributed by atoms with van der Waals surface area (Å²) in [6.07, 6.45) is 4.01. The van der Waals surface area contributed by atoms with Crippen molar-refractivity contribution in [3.63, 3.8) is 0 Å². The number of thiol groups is 1. The molecule has 3 heteroatoms. The number of aryl methyl sites for hydroxylation is 1. The fourth-order valence-electron chi connectivity index (χ4n) is 2.42. The predicted molar refractivity (Wildman–Crippen MR) is 92.8 cm³/mol. The van der Waals surface area contributed by atoms with Gasteiger partial charge in [-0.25, -0.2) is 9.97 Å². The molecule has 2 rings (SSSR count). The molecule has 0 bridgehead atoms. The molecule has 2 nitrogen and oxygen atoms in total. The molecular weight excluding hydrogens is 276 g/mol. The SMILES string of the molecule is CCC(S)c1cnc(-c2ccc(CC(C)C)cc2)nc1C. The van der Waals surface area contributed by atoms with Gasteiger partial charge < -0.3 is 0 Å². The molecule has 1 heterocycles. The van der Waals surface area contributed by atoms with Crippen LogP contribution in [0.2, 0.25) is 0 Å². The molecule has 1 unspecified atom stereocenters. The lowest BCUT2D eigenvalue weighted by atomic mass is 10.0. The Hall–Kier alpha value is -1.35. The van der Waals surface area contributed by atoms with E-state index in [1.165, 1.54) is 5.56 Å². The average molecular weight is 300 g/mol. The molecule has 1 atom stereocenters. The van der Waals surface area contributed by atoms with Crippen LogP contribution in [0, 0.1) is 12.8 Å². The number of nitrogens with zero attached hydrogens (tertiary/aromatic N) is 2. The molecule has 21 heavy (non-hydrogen) atoms. The highest BCUT2D eigenvalue weighted by molar-refractivity contribution is 7.80. The molecule has 0 aliphatic carbocycles. The van der Waals surface area contributed by atoms with Crippen LogP contribution >= 0.6 is 12.6 Å². The van der Waals surface area contributed by atoms with E-state index < -0.39 is 0 Å². The van der Waals surface area contributed by atoms with Crippen molar-refractivity contribution in [1.29, 1.82) is 0 Å². The minimum Gasteiger partial charge on any atom is -0.236 e. The minimum atomic E-state index is 0.215. The van der Waals surface area contributed by atoms with Crippen molar-refractivity contribution in [2.75, 3.05) is 0 Å². The standard InChI is InChI=1S/C18H24N2S/c1-5-17(21)16-11-19-18(20-13(16)4)15-8-6-14(7-9-15)10-12(2)3/h6-9,11-12,17,21H,5,10H2,1-4H3. The molecule has 0 aliphatic rings. The van der Waals surface area contributed by atoms with Gasteiger partial charge in [-0.15, -0.1) is 0 Å².